The Bertz CT molecular complexity index is 587. The summed E-state index contributed by atoms with van der Waals surface area (Å²) in [5, 5.41) is 0. The summed E-state index contributed by atoms with van der Waals surface area (Å²) in [7, 11) is -5.39. The van der Waals surface area contributed by atoms with Gasteiger partial charge in [0.1, 0.15) is 6.10 Å². The zero-order chi connectivity index (χ0) is 17.4. The largest absolute Gasteiger partial charge is 0.511 e. The van der Waals surface area contributed by atoms with E-state index in [1.165, 1.54) is 6.92 Å². The van der Waals surface area contributed by atoms with Crippen LogP contribution in [0.3, 0.4) is 0 Å². The zero-order valence-electron chi connectivity index (χ0n) is 12.7. The molecule has 4 unspecified atom stereocenters. The van der Waals surface area contributed by atoms with Crippen molar-refractivity contribution in [2.75, 3.05) is 6.54 Å². The molecule has 0 aromatic heterocycles. The number of carbonyl (C=O) groups excluding carboxylic acids is 1. The van der Waals surface area contributed by atoms with Gasteiger partial charge in [-0.3, -0.25) is 0 Å². The number of fused-ring (bicyclic) bond motifs is 2. The van der Waals surface area contributed by atoms with E-state index in [9.17, 15) is 26.4 Å². The molecule has 9 heteroatoms. The summed E-state index contributed by atoms with van der Waals surface area (Å²) >= 11 is 0. The van der Waals surface area contributed by atoms with Gasteiger partial charge in [0.2, 0.25) is 0 Å². The minimum absolute atomic E-state index is 0.0626. The molecule has 2 fully saturated rings. The first-order chi connectivity index (χ1) is 10.5. The number of halogens is 3. The molecule has 0 spiro atoms. The summed E-state index contributed by atoms with van der Waals surface area (Å²) in [5.41, 5.74) is -5.13. The second-order valence-corrected chi connectivity index (χ2v) is 8.06. The van der Waals surface area contributed by atoms with Crippen molar-refractivity contribution in [1.29, 1.82) is 0 Å². The van der Waals surface area contributed by atoms with Gasteiger partial charge < -0.3 is 4.74 Å². The van der Waals surface area contributed by atoms with Crippen LogP contribution in [0, 0.1) is 17.8 Å². The van der Waals surface area contributed by atoms with Crippen LogP contribution in [0.1, 0.15) is 32.6 Å². The molecule has 0 aliphatic heterocycles. The van der Waals surface area contributed by atoms with Gasteiger partial charge in [-0.1, -0.05) is 13.0 Å². The van der Waals surface area contributed by atoms with E-state index in [1.807, 2.05) is 0 Å². The van der Waals surface area contributed by atoms with Crippen molar-refractivity contribution in [2.45, 2.75) is 44.2 Å². The van der Waals surface area contributed by atoms with Gasteiger partial charge >= 0.3 is 21.5 Å². The number of rotatable bonds is 5. The van der Waals surface area contributed by atoms with Crippen LogP contribution in [-0.2, 0) is 19.6 Å². The fourth-order valence-electron chi connectivity index (χ4n) is 3.55. The van der Waals surface area contributed by atoms with Crippen LogP contribution < -0.4 is 4.72 Å². The highest BCUT2D eigenvalue weighted by Crippen LogP contribution is 2.47. The number of alkyl halides is 3. The first-order valence-electron chi connectivity index (χ1n) is 7.45. The molecule has 23 heavy (non-hydrogen) atoms. The summed E-state index contributed by atoms with van der Waals surface area (Å²) in [4.78, 5) is 11.8. The second kappa shape index (κ2) is 6.43. The van der Waals surface area contributed by atoms with Crippen molar-refractivity contribution in [3.05, 3.63) is 12.2 Å². The number of ether oxygens (including phenoxy) is 1. The molecule has 2 rings (SSSR count). The molecule has 132 valence electrons. The zero-order valence-corrected chi connectivity index (χ0v) is 13.5. The average molecular weight is 355 g/mol. The minimum atomic E-state index is -5.39. The molecule has 1 N–H and O–H groups in total. The summed E-state index contributed by atoms with van der Waals surface area (Å²) in [6.45, 7) is 4.60. The molecule has 0 aromatic carbocycles. The highest BCUT2D eigenvalue weighted by Gasteiger charge is 2.50. The summed E-state index contributed by atoms with van der Waals surface area (Å²) in [5.74, 6) is -0.904. The summed E-state index contributed by atoms with van der Waals surface area (Å²) in [6.07, 6.45) is 2.71. The van der Waals surface area contributed by atoms with Gasteiger partial charge in [-0.15, -0.1) is 0 Å². The Morgan fingerprint density at radius 3 is 2.48 bits per heavy atom. The van der Waals surface area contributed by atoms with Gasteiger partial charge in [0, 0.05) is 18.0 Å². The van der Waals surface area contributed by atoms with E-state index in [2.05, 4.69) is 6.58 Å². The van der Waals surface area contributed by atoms with Crippen molar-refractivity contribution in [3.63, 3.8) is 0 Å². The van der Waals surface area contributed by atoms with Crippen molar-refractivity contribution in [3.8, 4) is 0 Å². The van der Waals surface area contributed by atoms with Crippen molar-refractivity contribution in [2.24, 2.45) is 17.8 Å². The van der Waals surface area contributed by atoms with E-state index in [-0.39, 0.29) is 24.0 Å². The smallest absolute Gasteiger partial charge is 0.458 e. The van der Waals surface area contributed by atoms with E-state index in [0.717, 1.165) is 25.7 Å². The third-order valence-electron chi connectivity index (χ3n) is 4.65. The lowest BCUT2D eigenvalue weighted by Gasteiger charge is -2.25. The lowest BCUT2D eigenvalue weighted by Crippen LogP contribution is -2.42. The molecule has 0 radical (unpaired) electrons. The molecule has 0 aromatic rings. The van der Waals surface area contributed by atoms with Gasteiger partial charge in [0.25, 0.3) is 0 Å². The Morgan fingerprint density at radius 1 is 1.30 bits per heavy atom. The molecule has 0 amide bonds. The highest BCUT2D eigenvalue weighted by atomic mass is 32.2. The number of hydrogen-bond donors (Lipinski definition) is 1. The Hall–Kier alpha value is -1.09. The fraction of sp³-hybridized carbons (Fsp3) is 0.786. The van der Waals surface area contributed by atoms with Crippen LogP contribution in [0.5, 0.6) is 0 Å². The molecule has 4 atom stereocenters. The van der Waals surface area contributed by atoms with Crippen molar-refractivity contribution >= 4 is 16.0 Å². The maximum atomic E-state index is 12.4. The molecule has 2 aliphatic rings. The second-order valence-electron chi connectivity index (χ2n) is 6.30. The number of carbonyl (C=O) groups is 1. The SMILES string of the molecule is C=C(C)C(=O)OC1C2CCCC(C2)C1CNS(=O)(=O)C(F)(F)F. The van der Waals surface area contributed by atoms with Crippen LogP contribution in [0.25, 0.3) is 0 Å². The fourth-order valence-corrected chi connectivity index (χ4v) is 4.13. The number of sulfonamides is 1. The maximum Gasteiger partial charge on any atom is 0.511 e. The quantitative estimate of drug-likeness (QED) is 0.607. The predicted molar refractivity (Wildman–Crippen MR) is 76.6 cm³/mol. The van der Waals surface area contributed by atoms with Crippen LogP contribution in [0.4, 0.5) is 13.2 Å². The highest BCUT2D eigenvalue weighted by molar-refractivity contribution is 7.90. The van der Waals surface area contributed by atoms with E-state index in [0.29, 0.717) is 0 Å². The van der Waals surface area contributed by atoms with Crippen LogP contribution in [0.2, 0.25) is 0 Å². The molecule has 0 saturated heterocycles. The lowest BCUT2D eigenvalue weighted by atomic mass is 9.87. The number of nitrogens with one attached hydrogen (secondary N) is 1. The third-order valence-corrected chi connectivity index (χ3v) is 5.81. The van der Waals surface area contributed by atoms with Crippen molar-refractivity contribution < 1.29 is 31.1 Å². The summed E-state index contributed by atoms with van der Waals surface area (Å²) < 4.78 is 66.7. The number of esters is 1. The van der Waals surface area contributed by atoms with Gasteiger partial charge in [-0.2, -0.15) is 13.2 Å². The maximum absolute atomic E-state index is 12.4. The standard InChI is InChI=1S/C14H20F3NO4S/c1-8(2)13(19)22-12-10-5-3-4-9(6-10)11(12)7-18-23(20,21)14(15,16)17/h9-12,18H,1,3-7H2,2H3. The van der Waals surface area contributed by atoms with Gasteiger partial charge in [-0.05, 0) is 38.0 Å². The monoisotopic (exact) mass is 355 g/mol. The molecule has 5 nitrogen and oxygen atoms in total. The van der Waals surface area contributed by atoms with E-state index < -0.39 is 33.5 Å². The Kier molecular flexibility index (Phi) is 5.10. The van der Waals surface area contributed by atoms with Crippen LogP contribution >= 0.6 is 0 Å². The van der Waals surface area contributed by atoms with E-state index in [4.69, 9.17) is 4.74 Å². The normalized spacial score (nSPS) is 31.0. The first kappa shape index (κ1) is 18.3. The van der Waals surface area contributed by atoms with Gasteiger partial charge in [0.15, 0.2) is 0 Å². The van der Waals surface area contributed by atoms with Crippen LogP contribution in [0.15, 0.2) is 12.2 Å². The Labute approximate surface area is 133 Å². The minimum Gasteiger partial charge on any atom is -0.458 e. The lowest BCUT2D eigenvalue weighted by molar-refractivity contribution is -0.148. The Morgan fingerprint density at radius 2 is 1.91 bits per heavy atom. The van der Waals surface area contributed by atoms with Gasteiger partial charge in [0.05, 0.1) is 0 Å². The molecule has 2 aliphatic carbocycles. The molecule has 2 saturated carbocycles. The van der Waals surface area contributed by atoms with Crippen LogP contribution in [-0.4, -0.2) is 32.5 Å². The third kappa shape index (κ3) is 3.88. The number of hydrogen-bond acceptors (Lipinski definition) is 4. The van der Waals surface area contributed by atoms with Gasteiger partial charge in [-0.25, -0.2) is 17.9 Å². The van der Waals surface area contributed by atoms with E-state index >= 15 is 0 Å². The molecule has 2 bridgehead atoms. The van der Waals surface area contributed by atoms with Crippen molar-refractivity contribution in [1.82, 2.24) is 4.72 Å². The topological polar surface area (TPSA) is 72.5 Å². The molecular formula is C14H20F3NO4S. The Balaban J connectivity index is 2.11. The molecular weight excluding hydrogens is 335 g/mol. The summed E-state index contributed by atoms with van der Waals surface area (Å²) in [6, 6.07) is 0. The first-order valence-corrected chi connectivity index (χ1v) is 8.93. The predicted octanol–water partition coefficient (Wildman–Crippen LogP) is 2.35. The van der Waals surface area contributed by atoms with E-state index in [1.54, 1.807) is 4.72 Å². The average Bonchev–Trinajstić information content (AvgIpc) is 2.66. The molecule has 0 heterocycles.